The van der Waals surface area contributed by atoms with E-state index in [0.717, 1.165) is 0 Å². The zero-order valence-corrected chi connectivity index (χ0v) is 13.2. The number of halogens is 4. The van der Waals surface area contributed by atoms with Crippen molar-refractivity contribution in [3.05, 3.63) is 26.2 Å². The van der Waals surface area contributed by atoms with Crippen molar-refractivity contribution >= 4 is 59.0 Å². The van der Waals surface area contributed by atoms with Crippen LogP contribution < -0.4 is 61.9 Å². The summed E-state index contributed by atoms with van der Waals surface area (Å²) in [4.78, 5) is 0. The number of benzene rings is 1. The quantitative estimate of drug-likeness (QED) is 0.384. The third-order valence-electron chi connectivity index (χ3n) is 1.40. The van der Waals surface area contributed by atoms with Gasteiger partial charge in [0.2, 0.25) is 7.12 Å². The molecule has 0 bridgehead atoms. The van der Waals surface area contributed by atoms with Gasteiger partial charge in [-0.3, -0.25) is 0 Å². The maximum absolute atomic E-state index is 10.7. The van der Waals surface area contributed by atoms with E-state index in [4.69, 9.17) is 51.4 Å². The molecule has 0 aliphatic carbocycles. The van der Waals surface area contributed by atoms with Crippen LogP contribution in [0.2, 0.25) is 20.1 Å². The van der Waals surface area contributed by atoms with E-state index in [2.05, 4.69) is 0 Å². The van der Waals surface area contributed by atoms with Crippen LogP contribution in [0, 0.1) is 0 Å². The molecule has 0 atom stereocenters. The fourth-order valence-corrected chi connectivity index (χ4v) is 1.91. The fraction of sp³-hybridized carbons (Fsp3) is 0. The molecule has 0 saturated heterocycles. The van der Waals surface area contributed by atoms with Crippen molar-refractivity contribution in [1.29, 1.82) is 0 Å². The van der Waals surface area contributed by atoms with Gasteiger partial charge < -0.3 is 10.0 Å². The van der Waals surface area contributed by atoms with Crippen molar-refractivity contribution in [3.63, 3.8) is 0 Å². The van der Waals surface area contributed by atoms with Gasteiger partial charge in [-0.05, 0) is 11.5 Å². The Morgan fingerprint density at radius 3 is 2.00 bits per heavy atom. The van der Waals surface area contributed by atoms with E-state index in [9.17, 15) is 5.02 Å². The van der Waals surface area contributed by atoms with Crippen LogP contribution in [0.25, 0.3) is 0 Å². The summed E-state index contributed by atoms with van der Waals surface area (Å²) in [6.07, 6.45) is 0. The van der Waals surface area contributed by atoms with Crippen LogP contribution >= 0.6 is 46.4 Å². The summed E-state index contributed by atoms with van der Waals surface area (Å²) < 4.78 is 0. The monoisotopic (exact) mass is 296 g/mol. The van der Waals surface area contributed by atoms with Gasteiger partial charge in [-0.15, -0.1) is 0 Å². The average Bonchev–Trinajstić information content (AvgIpc) is 1.99. The first-order valence-corrected chi connectivity index (χ1v) is 4.63. The van der Waals surface area contributed by atoms with Gasteiger partial charge in [-0.1, -0.05) is 46.4 Å². The minimum Gasteiger partial charge on any atom is -0.853 e. The van der Waals surface area contributed by atoms with E-state index in [-0.39, 0.29) is 76.9 Å². The summed E-state index contributed by atoms with van der Waals surface area (Å²) in [5, 5.41) is 19.5. The summed E-state index contributed by atoms with van der Waals surface area (Å²) in [6.45, 7) is 0. The molecule has 14 heavy (non-hydrogen) atoms. The normalized spacial score (nSPS) is 9.57. The second kappa shape index (κ2) is 6.67. The van der Waals surface area contributed by atoms with Crippen LogP contribution in [0.3, 0.4) is 0 Å². The predicted octanol–water partition coefficient (Wildman–Crippen LogP) is -1.65. The number of hydrogen-bond acceptors (Lipinski definition) is 2. The van der Waals surface area contributed by atoms with Crippen LogP contribution in [0.1, 0.15) is 0 Å². The molecule has 1 aromatic rings. The molecule has 0 heterocycles. The SMILES string of the molecule is [K+].[O-]B(O)c1c(Cl)cc(Cl)c(Cl)c1Cl. The van der Waals surface area contributed by atoms with Gasteiger partial charge in [0.15, 0.2) is 0 Å². The molecule has 1 N–H and O–H groups in total. The Hall–Kier alpha value is 2.00. The molecule has 8 heteroatoms. The van der Waals surface area contributed by atoms with E-state index in [1.54, 1.807) is 0 Å². The Morgan fingerprint density at radius 1 is 1.07 bits per heavy atom. The van der Waals surface area contributed by atoms with E-state index in [0.29, 0.717) is 0 Å². The molecule has 0 aliphatic rings. The molecule has 0 aliphatic heterocycles. The molecule has 0 fully saturated rings. The Morgan fingerprint density at radius 2 is 1.57 bits per heavy atom. The van der Waals surface area contributed by atoms with Gasteiger partial charge in [0.05, 0.1) is 15.1 Å². The maximum atomic E-state index is 10.7. The van der Waals surface area contributed by atoms with Crippen LogP contribution in [-0.4, -0.2) is 12.1 Å². The van der Waals surface area contributed by atoms with E-state index in [1.807, 2.05) is 0 Å². The average molecular weight is 298 g/mol. The predicted molar refractivity (Wildman–Crippen MR) is 54.1 cm³/mol. The smallest absolute Gasteiger partial charge is 0.853 e. The van der Waals surface area contributed by atoms with Crippen molar-refractivity contribution in [3.8, 4) is 0 Å². The molecule has 0 unspecified atom stereocenters. The summed E-state index contributed by atoms with van der Waals surface area (Å²) in [6, 6.07) is 1.26. The first kappa shape index (κ1) is 16.0. The van der Waals surface area contributed by atoms with Gasteiger partial charge in [0, 0.05) is 5.02 Å². The molecule has 1 rings (SSSR count). The Kier molecular flexibility index (Phi) is 7.62. The zero-order valence-electron chi connectivity index (χ0n) is 7.02. The van der Waals surface area contributed by atoms with Crippen molar-refractivity contribution in [2.24, 2.45) is 0 Å². The van der Waals surface area contributed by atoms with Crippen molar-refractivity contribution in [2.45, 2.75) is 0 Å². The Balaban J connectivity index is 0.00000169. The molecular formula is C6H2BCl4KO2. The van der Waals surface area contributed by atoms with Gasteiger partial charge in [-0.2, -0.15) is 0 Å². The second-order valence-corrected chi connectivity index (χ2v) is 3.80. The second-order valence-electron chi connectivity index (χ2n) is 2.23. The summed E-state index contributed by atoms with van der Waals surface area (Å²) in [5.41, 5.74) is -0.155. The standard InChI is InChI=1S/C6H2BCl4O2.K/c8-2-1-3(9)5(10)6(11)4(2)7(12)13;/h1,12H;/q-1;+1. The van der Waals surface area contributed by atoms with Crippen LogP contribution in [-0.2, 0) is 0 Å². The molecule has 0 saturated carbocycles. The molecule has 0 radical (unpaired) electrons. The van der Waals surface area contributed by atoms with Crippen molar-refractivity contribution in [1.82, 2.24) is 0 Å². The summed E-state index contributed by atoms with van der Waals surface area (Å²) in [7, 11) is -2.02. The number of rotatable bonds is 1. The van der Waals surface area contributed by atoms with Crippen molar-refractivity contribution < 1.29 is 61.4 Å². The molecule has 2 nitrogen and oxygen atoms in total. The van der Waals surface area contributed by atoms with E-state index >= 15 is 0 Å². The largest absolute Gasteiger partial charge is 1.00 e. The fourth-order valence-electron chi connectivity index (χ4n) is 0.807. The first-order chi connectivity index (χ1) is 5.95. The van der Waals surface area contributed by atoms with E-state index < -0.39 is 7.12 Å². The van der Waals surface area contributed by atoms with Crippen LogP contribution in [0.15, 0.2) is 6.07 Å². The molecule has 0 amide bonds. The maximum Gasteiger partial charge on any atom is 1.00 e. The molecule has 0 aromatic heterocycles. The zero-order chi connectivity index (χ0) is 10.2. The van der Waals surface area contributed by atoms with Gasteiger partial charge in [0.25, 0.3) is 0 Å². The van der Waals surface area contributed by atoms with Crippen molar-refractivity contribution in [2.75, 3.05) is 0 Å². The minimum absolute atomic E-state index is 0. The Bertz CT molecular complexity index is 347. The molecule has 0 spiro atoms. The topological polar surface area (TPSA) is 43.3 Å². The van der Waals surface area contributed by atoms with E-state index in [1.165, 1.54) is 6.07 Å². The number of hydrogen-bond donors (Lipinski definition) is 1. The molecule has 1 aromatic carbocycles. The third-order valence-corrected chi connectivity index (χ3v) is 2.99. The van der Waals surface area contributed by atoms with Crippen LogP contribution in [0.5, 0.6) is 0 Å². The van der Waals surface area contributed by atoms with Gasteiger partial charge in [0.1, 0.15) is 0 Å². The van der Waals surface area contributed by atoms with Gasteiger partial charge in [-0.25, -0.2) is 0 Å². The summed E-state index contributed by atoms with van der Waals surface area (Å²) >= 11 is 22.5. The first-order valence-electron chi connectivity index (χ1n) is 3.12. The molecule has 70 valence electrons. The Labute approximate surface area is 144 Å². The van der Waals surface area contributed by atoms with Gasteiger partial charge >= 0.3 is 51.4 Å². The molecular weight excluding hydrogens is 296 g/mol. The van der Waals surface area contributed by atoms with Crippen LogP contribution in [0.4, 0.5) is 0 Å². The third kappa shape index (κ3) is 3.50. The summed E-state index contributed by atoms with van der Waals surface area (Å²) in [5.74, 6) is 0. The minimum atomic E-state index is -2.02.